The van der Waals surface area contributed by atoms with Crippen LogP contribution in [0.5, 0.6) is 0 Å². The lowest BCUT2D eigenvalue weighted by atomic mass is 9.84. The molecule has 0 bridgehead atoms. The number of rotatable bonds is 5. The highest BCUT2D eigenvalue weighted by Gasteiger charge is 2.21. The summed E-state index contributed by atoms with van der Waals surface area (Å²) in [4.78, 5) is 0. The molecule has 0 saturated heterocycles. The van der Waals surface area contributed by atoms with Gasteiger partial charge in [0.1, 0.15) is 0 Å². The van der Waals surface area contributed by atoms with Crippen LogP contribution < -0.4 is 5.32 Å². The van der Waals surface area contributed by atoms with Crippen LogP contribution in [0.2, 0.25) is 0 Å². The maximum absolute atomic E-state index is 9.31. The lowest BCUT2D eigenvalue weighted by Crippen LogP contribution is -2.40. The van der Waals surface area contributed by atoms with Gasteiger partial charge in [0.2, 0.25) is 0 Å². The molecule has 0 aliphatic heterocycles. The quantitative estimate of drug-likeness (QED) is 0.736. The molecule has 0 heterocycles. The molecule has 1 saturated carbocycles. The third-order valence-corrected chi connectivity index (χ3v) is 3.58. The molecule has 1 fully saturated rings. The second-order valence-corrected chi connectivity index (χ2v) is 5.29. The topological polar surface area (TPSA) is 32.3 Å². The van der Waals surface area contributed by atoms with Gasteiger partial charge in [0.15, 0.2) is 0 Å². The molecule has 0 radical (unpaired) electrons. The normalized spacial score (nSPS) is 31.2. The van der Waals surface area contributed by atoms with Gasteiger partial charge in [-0.15, -0.1) is 0 Å². The van der Waals surface area contributed by atoms with E-state index in [1.165, 1.54) is 32.1 Å². The zero-order valence-corrected chi connectivity index (χ0v) is 10.5. The summed E-state index contributed by atoms with van der Waals surface area (Å²) in [6.07, 6.45) is 7.45. The minimum absolute atomic E-state index is 0.182. The Balaban J connectivity index is 2.25. The third-order valence-electron chi connectivity index (χ3n) is 3.58. The molecule has 0 aromatic rings. The molecule has 90 valence electrons. The van der Waals surface area contributed by atoms with Gasteiger partial charge in [-0.3, -0.25) is 0 Å². The SMILES string of the molecule is CCC1CCCC(NC(C)CC(C)O)C1. The van der Waals surface area contributed by atoms with Gasteiger partial charge >= 0.3 is 0 Å². The van der Waals surface area contributed by atoms with Crippen LogP contribution in [0.4, 0.5) is 0 Å². The van der Waals surface area contributed by atoms with Crippen LogP contribution in [0.15, 0.2) is 0 Å². The Morgan fingerprint density at radius 3 is 2.67 bits per heavy atom. The van der Waals surface area contributed by atoms with Crippen molar-refractivity contribution in [3.8, 4) is 0 Å². The zero-order chi connectivity index (χ0) is 11.3. The maximum atomic E-state index is 9.31. The summed E-state index contributed by atoms with van der Waals surface area (Å²) in [6.45, 7) is 6.35. The van der Waals surface area contributed by atoms with Crippen LogP contribution in [0.3, 0.4) is 0 Å². The number of nitrogens with one attached hydrogen (secondary N) is 1. The smallest absolute Gasteiger partial charge is 0.0526 e. The van der Waals surface area contributed by atoms with Gasteiger partial charge in [-0.1, -0.05) is 26.2 Å². The van der Waals surface area contributed by atoms with Gasteiger partial charge in [0.25, 0.3) is 0 Å². The molecule has 1 aliphatic carbocycles. The van der Waals surface area contributed by atoms with Crippen molar-refractivity contribution in [1.29, 1.82) is 0 Å². The van der Waals surface area contributed by atoms with Crippen molar-refractivity contribution >= 4 is 0 Å². The van der Waals surface area contributed by atoms with Gasteiger partial charge in [-0.25, -0.2) is 0 Å². The van der Waals surface area contributed by atoms with Crippen LogP contribution in [0.1, 0.15) is 59.3 Å². The maximum Gasteiger partial charge on any atom is 0.0526 e. The van der Waals surface area contributed by atoms with Gasteiger partial charge < -0.3 is 10.4 Å². The van der Waals surface area contributed by atoms with E-state index in [0.717, 1.165) is 12.3 Å². The summed E-state index contributed by atoms with van der Waals surface area (Å²) < 4.78 is 0. The Hall–Kier alpha value is -0.0800. The van der Waals surface area contributed by atoms with Crippen molar-refractivity contribution in [3.63, 3.8) is 0 Å². The predicted octanol–water partition coefficient (Wildman–Crippen LogP) is 2.70. The summed E-state index contributed by atoms with van der Waals surface area (Å²) in [6, 6.07) is 1.14. The van der Waals surface area contributed by atoms with Crippen molar-refractivity contribution in [2.75, 3.05) is 0 Å². The average molecular weight is 213 g/mol. The van der Waals surface area contributed by atoms with Gasteiger partial charge in [0.05, 0.1) is 6.10 Å². The van der Waals surface area contributed by atoms with Crippen LogP contribution in [-0.2, 0) is 0 Å². The highest BCUT2D eigenvalue weighted by molar-refractivity contribution is 4.80. The van der Waals surface area contributed by atoms with Crippen molar-refractivity contribution in [1.82, 2.24) is 5.32 Å². The molecule has 0 aromatic carbocycles. The Morgan fingerprint density at radius 1 is 1.33 bits per heavy atom. The molecule has 1 aliphatic rings. The molecule has 0 spiro atoms. The lowest BCUT2D eigenvalue weighted by Gasteiger charge is -2.31. The minimum atomic E-state index is -0.182. The first-order chi connectivity index (χ1) is 7.11. The third kappa shape index (κ3) is 4.98. The Labute approximate surface area is 94.5 Å². The predicted molar refractivity (Wildman–Crippen MR) is 64.9 cm³/mol. The van der Waals surface area contributed by atoms with E-state index >= 15 is 0 Å². The molecule has 0 aromatic heterocycles. The van der Waals surface area contributed by atoms with Crippen LogP contribution >= 0.6 is 0 Å². The van der Waals surface area contributed by atoms with Gasteiger partial charge in [-0.05, 0) is 39.0 Å². The standard InChI is InChI=1S/C13H27NO/c1-4-12-6-5-7-13(9-12)14-10(2)8-11(3)15/h10-15H,4-9H2,1-3H3. The Kier molecular flexibility index (Phi) is 5.62. The molecule has 2 N–H and O–H groups in total. The molecule has 4 atom stereocenters. The summed E-state index contributed by atoms with van der Waals surface area (Å²) in [5.74, 6) is 0.926. The second kappa shape index (κ2) is 6.49. The molecule has 0 amide bonds. The highest BCUT2D eigenvalue weighted by Crippen LogP contribution is 2.26. The Bertz CT molecular complexity index is 170. The monoisotopic (exact) mass is 213 g/mol. The molecule has 4 unspecified atom stereocenters. The molecule has 1 rings (SSSR count). The van der Waals surface area contributed by atoms with E-state index in [4.69, 9.17) is 0 Å². The van der Waals surface area contributed by atoms with Crippen LogP contribution in [-0.4, -0.2) is 23.3 Å². The fourth-order valence-electron chi connectivity index (χ4n) is 2.80. The number of hydrogen-bond acceptors (Lipinski definition) is 2. The van der Waals surface area contributed by atoms with E-state index in [-0.39, 0.29) is 6.10 Å². The van der Waals surface area contributed by atoms with Crippen molar-refractivity contribution in [3.05, 3.63) is 0 Å². The fourth-order valence-corrected chi connectivity index (χ4v) is 2.80. The van der Waals surface area contributed by atoms with Gasteiger partial charge in [-0.2, -0.15) is 0 Å². The highest BCUT2D eigenvalue weighted by atomic mass is 16.3. The molecular formula is C13H27NO. The summed E-state index contributed by atoms with van der Waals surface area (Å²) in [5, 5.41) is 13.0. The van der Waals surface area contributed by atoms with E-state index < -0.39 is 0 Å². The first-order valence-electron chi connectivity index (χ1n) is 6.56. The zero-order valence-electron chi connectivity index (χ0n) is 10.5. The van der Waals surface area contributed by atoms with Crippen molar-refractivity contribution in [2.24, 2.45) is 5.92 Å². The molecule has 2 nitrogen and oxygen atoms in total. The fraction of sp³-hybridized carbons (Fsp3) is 1.00. The van der Waals surface area contributed by atoms with Crippen LogP contribution in [0.25, 0.3) is 0 Å². The average Bonchev–Trinajstić information content (AvgIpc) is 2.16. The van der Waals surface area contributed by atoms with E-state index in [0.29, 0.717) is 12.1 Å². The minimum Gasteiger partial charge on any atom is -0.393 e. The van der Waals surface area contributed by atoms with Crippen molar-refractivity contribution in [2.45, 2.75) is 77.5 Å². The first-order valence-corrected chi connectivity index (χ1v) is 6.56. The van der Waals surface area contributed by atoms with E-state index in [2.05, 4.69) is 19.2 Å². The largest absolute Gasteiger partial charge is 0.393 e. The second-order valence-electron chi connectivity index (χ2n) is 5.29. The summed E-state index contributed by atoms with van der Waals surface area (Å²) >= 11 is 0. The molecule has 2 heteroatoms. The van der Waals surface area contributed by atoms with E-state index in [1.54, 1.807) is 0 Å². The molecular weight excluding hydrogens is 186 g/mol. The number of hydrogen-bond donors (Lipinski definition) is 2. The van der Waals surface area contributed by atoms with Gasteiger partial charge in [0, 0.05) is 12.1 Å². The molecule has 15 heavy (non-hydrogen) atoms. The number of aliphatic hydroxyl groups excluding tert-OH is 1. The first kappa shape index (κ1) is 13.0. The number of aliphatic hydroxyl groups is 1. The Morgan fingerprint density at radius 2 is 2.07 bits per heavy atom. The summed E-state index contributed by atoms with van der Waals surface area (Å²) in [7, 11) is 0. The van der Waals surface area contributed by atoms with E-state index in [1.807, 2.05) is 6.92 Å². The lowest BCUT2D eigenvalue weighted by molar-refractivity contribution is 0.162. The summed E-state index contributed by atoms with van der Waals surface area (Å²) in [5.41, 5.74) is 0. The van der Waals surface area contributed by atoms with E-state index in [9.17, 15) is 5.11 Å². The van der Waals surface area contributed by atoms with Crippen molar-refractivity contribution < 1.29 is 5.11 Å². The van der Waals surface area contributed by atoms with Crippen LogP contribution in [0, 0.1) is 5.92 Å².